The van der Waals surface area contributed by atoms with Crippen LogP contribution in [0.15, 0.2) is 12.2 Å². The molecular formula is C5H8O3P+. The van der Waals surface area contributed by atoms with Crippen molar-refractivity contribution in [3.05, 3.63) is 12.2 Å². The molecule has 0 amide bonds. The molecule has 0 N–H and O–H groups in total. The number of rotatable bonds is 2. The first-order valence-electron chi connectivity index (χ1n) is 2.32. The maximum absolute atomic E-state index is 10.4. The van der Waals surface area contributed by atoms with Gasteiger partial charge in [-0.2, -0.15) is 0 Å². The second-order valence-corrected chi connectivity index (χ2v) is 2.66. The molecule has 0 aromatic rings. The Morgan fingerprint density at radius 3 is 2.22 bits per heavy atom. The summed E-state index contributed by atoms with van der Waals surface area (Å²) in [6, 6.07) is 0. The first-order chi connectivity index (χ1) is 4.04. The molecule has 1 atom stereocenters. The van der Waals surface area contributed by atoms with Crippen molar-refractivity contribution in [2.24, 2.45) is 0 Å². The standard InChI is InChI=1S/C5H8O3P/c1-4(2)5(6)8-9(3)7/h1H2,2-3H3/q+1. The highest BCUT2D eigenvalue weighted by molar-refractivity contribution is 7.38. The topological polar surface area (TPSA) is 43.4 Å². The van der Waals surface area contributed by atoms with Crippen molar-refractivity contribution < 1.29 is 13.9 Å². The molecule has 4 heteroatoms. The normalized spacial score (nSPS) is 10.2. The molecule has 1 unspecified atom stereocenters. The van der Waals surface area contributed by atoms with E-state index in [0.29, 0.717) is 0 Å². The van der Waals surface area contributed by atoms with E-state index < -0.39 is 14.0 Å². The highest BCUT2D eigenvalue weighted by atomic mass is 31.1. The molecular weight excluding hydrogens is 139 g/mol. The molecule has 0 rings (SSSR count). The van der Waals surface area contributed by atoms with Crippen molar-refractivity contribution in [1.29, 1.82) is 0 Å². The third-order valence-electron chi connectivity index (χ3n) is 0.560. The average molecular weight is 147 g/mol. The fraction of sp³-hybridized carbons (Fsp3) is 0.400. The molecule has 0 aliphatic heterocycles. The van der Waals surface area contributed by atoms with Crippen LogP contribution in [0.5, 0.6) is 0 Å². The van der Waals surface area contributed by atoms with E-state index in [2.05, 4.69) is 11.1 Å². The predicted molar refractivity (Wildman–Crippen MR) is 34.4 cm³/mol. The number of hydrogen-bond donors (Lipinski definition) is 0. The molecule has 0 bridgehead atoms. The van der Waals surface area contributed by atoms with Crippen LogP contribution in [0.3, 0.4) is 0 Å². The summed E-state index contributed by atoms with van der Waals surface area (Å²) in [6.07, 6.45) is 0. The SMILES string of the molecule is C=C(C)C(=O)O[P+](C)=O. The molecule has 0 aliphatic rings. The van der Waals surface area contributed by atoms with E-state index in [1.807, 2.05) is 0 Å². The molecule has 9 heavy (non-hydrogen) atoms. The monoisotopic (exact) mass is 147 g/mol. The molecule has 0 aromatic heterocycles. The zero-order chi connectivity index (χ0) is 7.44. The van der Waals surface area contributed by atoms with Crippen LogP contribution in [0.1, 0.15) is 6.92 Å². The van der Waals surface area contributed by atoms with Crippen LogP contribution < -0.4 is 0 Å². The van der Waals surface area contributed by atoms with E-state index in [1.54, 1.807) is 0 Å². The second kappa shape index (κ2) is 3.36. The first kappa shape index (κ1) is 8.31. The van der Waals surface area contributed by atoms with Crippen LogP contribution in [0, 0.1) is 0 Å². The highest BCUT2D eigenvalue weighted by Gasteiger charge is 2.15. The predicted octanol–water partition coefficient (Wildman–Crippen LogP) is 1.48. The largest absolute Gasteiger partial charge is 0.556 e. The van der Waals surface area contributed by atoms with Crippen LogP contribution in [0.2, 0.25) is 0 Å². The molecule has 0 aromatic carbocycles. The van der Waals surface area contributed by atoms with Crippen LogP contribution >= 0.6 is 8.03 Å². The summed E-state index contributed by atoms with van der Waals surface area (Å²) in [4.78, 5) is 10.4. The first-order valence-corrected chi connectivity index (χ1v) is 3.95. The van der Waals surface area contributed by atoms with Gasteiger partial charge in [0.1, 0.15) is 0 Å². The van der Waals surface area contributed by atoms with Crippen LogP contribution in [0.4, 0.5) is 0 Å². The molecule has 0 spiro atoms. The zero-order valence-corrected chi connectivity index (χ0v) is 6.27. The molecule has 50 valence electrons. The Morgan fingerprint density at radius 2 is 2.11 bits per heavy atom. The minimum absolute atomic E-state index is 0.264. The Morgan fingerprint density at radius 1 is 1.67 bits per heavy atom. The fourth-order valence-electron chi connectivity index (χ4n) is 0.195. The third-order valence-corrected chi connectivity index (χ3v) is 0.983. The minimum Gasteiger partial charge on any atom is -0.241 e. The van der Waals surface area contributed by atoms with E-state index in [0.717, 1.165) is 0 Å². The van der Waals surface area contributed by atoms with Crippen molar-refractivity contribution in [3.8, 4) is 0 Å². The minimum atomic E-state index is -1.83. The van der Waals surface area contributed by atoms with Crippen molar-refractivity contribution in [3.63, 3.8) is 0 Å². The molecule has 0 radical (unpaired) electrons. The maximum Gasteiger partial charge on any atom is 0.556 e. The molecule has 0 saturated carbocycles. The van der Waals surface area contributed by atoms with Crippen molar-refractivity contribution in [2.75, 3.05) is 6.66 Å². The number of hydrogen-bond acceptors (Lipinski definition) is 3. The van der Waals surface area contributed by atoms with Crippen LogP contribution in [-0.4, -0.2) is 12.6 Å². The Balaban J connectivity index is 3.79. The van der Waals surface area contributed by atoms with E-state index in [9.17, 15) is 9.36 Å². The smallest absolute Gasteiger partial charge is 0.241 e. The Kier molecular flexibility index (Phi) is 3.10. The maximum atomic E-state index is 10.4. The Labute approximate surface area is 54.6 Å². The Hall–Kier alpha value is -0.690. The van der Waals surface area contributed by atoms with E-state index in [-0.39, 0.29) is 5.57 Å². The summed E-state index contributed by atoms with van der Waals surface area (Å²) < 4.78 is 14.5. The van der Waals surface area contributed by atoms with Gasteiger partial charge in [-0.1, -0.05) is 6.58 Å². The van der Waals surface area contributed by atoms with Gasteiger partial charge in [0.25, 0.3) is 0 Å². The average Bonchev–Trinajstić information content (AvgIpc) is 1.63. The molecule has 0 saturated heterocycles. The van der Waals surface area contributed by atoms with Gasteiger partial charge >= 0.3 is 14.0 Å². The molecule has 0 aliphatic carbocycles. The van der Waals surface area contributed by atoms with E-state index in [4.69, 9.17) is 0 Å². The lowest BCUT2D eigenvalue weighted by atomic mass is 10.4. The van der Waals surface area contributed by atoms with Crippen LogP contribution in [-0.2, 0) is 13.9 Å². The summed E-state index contributed by atoms with van der Waals surface area (Å²) in [5, 5.41) is 0. The lowest BCUT2D eigenvalue weighted by Crippen LogP contribution is -1.97. The van der Waals surface area contributed by atoms with Gasteiger partial charge < -0.3 is 0 Å². The van der Waals surface area contributed by atoms with Crippen LogP contribution in [0.25, 0.3) is 0 Å². The quantitative estimate of drug-likeness (QED) is 0.438. The van der Waals surface area contributed by atoms with E-state index in [1.165, 1.54) is 13.6 Å². The molecule has 0 fully saturated rings. The van der Waals surface area contributed by atoms with Crippen molar-refractivity contribution in [2.45, 2.75) is 6.92 Å². The van der Waals surface area contributed by atoms with Gasteiger partial charge in [-0.15, -0.1) is 0 Å². The van der Waals surface area contributed by atoms with Crippen molar-refractivity contribution >= 4 is 14.0 Å². The summed E-state index contributed by atoms with van der Waals surface area (Å²) in [5.41, 5.74) is 0.264. The van der Waals surface area contributed by atoms with Gasteiger partial charge in [0.05, 0.1) is 0 Å². The second-order valence-electron chi connectivity index (χ2n) is 1.60. The third kappa shape index (κ3) is 3.86. The highest BCUT2D eigenvalue weighted by Crippen LogP contribution is 2.16. The lowest BCUT2D eigenvalue weighted by molar-refractivity contribution is -0.129. The number of carbonyl (C=O) groups is 1. The number of carbonyl (C=O) groups excluding carboxylic acids is 1. The van der Waals surface area contributed by atoms with Crippen molar-refractivity contribution in [1.82, 2.24) is 0 Å². The van der Waals surface area contributed by atoms with Gasteiger partial charge in [-0.3, -0.25) is 0 Å². The summed E-state index contributed by atoms with van der Waals surface area (Å²) in [5.74, 6) is -0.599. The van der Waals surface area contributed by atoms with E-state index >= 15 is 0 Å². The summed E-state index contributed by atoms with van der Waals surface area (Å²) in [6.45, 7) is 6.12. The Bertz CT molecular complexity index is 162. The zero-order valence-electron chi connectivity index (χ0n) is 5.38. The lowest BCUT2D eigenvalue weighted by Gasteiger charge is -1.85. The summed E-state index contributed by atoms with van der Waals surface area (Å²) in [7, 11) is -1.83. The van der Waals surface area contributed by atoms with Gasteiger partial charge in [-0.05, 0) is 11.5 Å². The van der Waals surface area contributed by atoms with Gasteiger partial charge in [-0.25, -0.2) is 9.32 Å². The summed E-state index contributed by atoms with van der Waals surface area (Å²) >= 11 is 0. The fourth-order valence-corrected chi connectivity index (χ4v) is 0.584. The van der Waals surface area contributed by atoms with Gasteiger partial charge in [0.2, 0.25) is 0 Å². The molecule has 0 heterocycles. The van der Waals surface area contributed by atoms with Gasteiger partial charge in [0, 0.05) is 5.57 Å². The molecule has 3 nitrogen and oxygen atoms in total. The van der Waals surface area contributed by atoms with Gasteiger partial charge in [0.15, 0.2) is 6.66 Å².